The molecule has 2 atom stereocenters. The summed E-state index contributed by atoms with van der Waals surface area (Å²) in [5.74, 6) is 3.82. The van der Waals surface area contributed by atoms with Crippen molar-refractivity contribution in [3.8, 4) is 23.0 Å². The van der Waals surface area contributed by atoms with Crippen molar-refractivity contribution in [1.29, 1.82) is 0 Å². The highest BCUT2D eigenvalue weighted by Gasteiger charge is 2.32. The van der Waals surface area contributed by atoms with Crippen molar-refractivity contribution >= 4 is 21.8 Å². The summed E-state index contributed by atoms with van der Waals surface area (Å²) in [7, 11) is 0. The first-order valence-electron chi connectivity index (χ1n) is 18.5. The quantitative estimate of drug-likeness (QED) is 0.152. The second-order valence-electron chi connectivity index (χ2n) is 15.8. The molecule has 0 saturated carbocycles. The van der Waals surface area contributed by atoms with Crippen LogP contribution in [0.15, 0.2) is 90.6 Å². The van der Waals surface area contributed by atoms with E-state index in [4.69, 9.17) is 14.8 Å². The molecule has 0 saturated heterocycles. The number of pyridine rings is 1. The molecule has 0 N–H and O–H groups in total. The number of benzene rings is 3. The smallest absolute Gasteiger partial charge is 0.137 e. The van der Waals surface area contributed by atoms with Gasteiger partial charge in [-0.05, 0) is 104 Å². The van der Waals surface area contributed by atoms with Crippen molar-refractivity contribution in [1.82, 2.24) is 19.3 Å². The molecule has 1 aliphatic rings. The van der Waals surface area contributed by atoms with Gasteiger partial charge in [-0.25, -0.2) is 9.67 Å². The normalized spacial score (nSPS) is 16.8. The van der Waals surface area contributed by atoms with Crippen LogP contribution in [-0.4, -0.2) is 19.3 Å². The first-order chi connectivity index (χ1) is 23.9. The molecule has 1 aliphatic carbocycles. The zero-order valence-corrected chi connectivity index (χ0v) is 31.3. The van der Waals surface area contributed by atoms with E-state index in [9.17, 15) is 0 Å². The summed E-state index contributed by atoms with van der Waals surface area (Å²) in [6.45, 7) is 20.5. The maximum absolute atomic E-state index is 6.84. The van der Waals surface area contributed by atoms with Crippen LogP contribution in [0.5, 0.6) is 11.5 Å². The lowest BCUT2D eigenvalue weighted by Gasteiger charge is -2.30. The Kier molecular flexibility index (Phi) is 8.96. The Morgan fingerprint density at radius 3 is 2.42 bits per heavy atom. The van der Waals surface area contributed by atoms with Gasteiger partial charge in [-0.15, -0.1) is 0 Å². The number of fused-ring (bicyclic) bond motifs is 3. The highest BCUT2D eigenvalue weighted by Crippen LogP contribution is 2.44. The van der Waals surface area contributed by atoms with Gasteiger partial charge in [-0.1, -0.05) is 84.7 Å². The predicted molar refractivity (Wildman–Crippen MR) is 209 cm³/mol. The van der Waals surface area contributed by atoms with E-state index in [1.807, 2.05) is 6.20 Å². The molecule has 0 bridgehead atoms. The first-order valence-corrected chi connectivity index (χ1v) is 18.5. The van der Waals surface area contributed by atoms with Gasteiger partial charge in [0.1, 0.15) is 17.3 Å². The van der Waals surface area contributed by atoms with E-state index < -0.39 is 0 Å². The van der Waals surface area contributed by atoms with Crippen molar-refractivity contribution in [2.45, 2.75) is 105 Å². The Bertz CT molecular complexity index is 2220. The zero-order valence-electron chi connectivity index (χ0n) is 31.3. The third-order valence-corrected chi connectivity index (χ3v) is 10.6. The van der Waals surface area contributed by atoms with E-state index in [0.717, 1.165) is 59.0 Å². The molecule has 3 aromatic carbocycles. The molecule has 258 valence electrons. The molecular formula is C45H52N4O. The lowest BCUT2D eigenvalue weighted by molar-refractivity contribution is 0.445. The van der Waals surface area contributed by atoms with Crippen molar-refractivity contribution < 1.29 is 4.74 Å². The highest BCUT2D eigenvalue weighted by atomic mass is 16.5. The molecule has 6 aromatic rings. The predicted octanol–water partition coefficient (Wildman–Crippen LogP) is 12.3. The van der Waals surface area contributed by atoms with Gasteiger partial charge < -0.3 is 4.74 Å². The number of hydrogen-bond acceptors (Lipinski definition) is 3. The van der Waals surface area contributed by atoms with Crippen LogP contribution in [-0.2, 0) is 11.8 Å². The van der Waals surface area contributed by atoms with Gasteiger partial charge in [0.2, 0.25) is 0 Å². The van der Waals surface area contributed by atoms with Crippen LogP contribution >= 0.6 is 0 Å². The average Bonchev–Trinajstić information content (AvgIpc) is 3.59. The summed E-state index contributed by atoms with van der Waals surface area (Å²) < 4.78 is 11.3. The maximum Gasteiger partial charge on any atom is 0.137 e. The summed E-state index contributed by atoms with van der Waals surface area (Å²) in [5, 5.41) is 7.66. The lowest BCUT2D eigenvalue weighted by Crippen LogP contribution is -2.18. The van der Waals surface area contributed by atoms with Gasteiger partial charge in [0.05, 0.1) is 28.1 Å². The third-order valence-electron chi connectivity index (χ3n) is 10.6. The van der Waals surface area contributed by atoms with E-state index in [2.05, 4.69) is 150 Å². The van der Waals surface area contributed by atoms with E-state index in [0.29, 0.717) is 17.8 Å². The van der Waals surface area contributed by atoms with Crippen LogP contribution in [0.2, 0.25) is 0 Å². The monoisotopic (exact) mass is 664 g/mol. The van der Waals surface area contributed by atoms with Gasteiger partial charge in [0, 0.05) is 40.6 Å². The molecule has 5 heteroatoms. The van der Waals surface area contributed by atoms with Crippen LogP contribution in [0.3, 0.4) is 0 Å². The van der Waals surface area contributed by atoms with Crippen LogP contribution in [0.1, 0.15) is 115 Å². The van der Waals surface area contributed by atoms with Crippen LogP contribution in [0.4, 0.5) is 0 Å². The molecule has 0 amide bonds. The van der Waals surface area contributed by atoms with Gasteiger partial charge in [-0.2, -0.15) is 5.10 Å². The van der Waals surface area contributed by atoms with Gasteiger partial charge in [0.25, 0.3) is 0 Å². The Morgan fingerprint density at radius 1 is 0.900 bits per heavy atom. The van der Waals surface area contributed by atoms with E-state index >= 15 is 0 Å². The number of hydrogen-bond donors (Lipinski definition) is 0. The third kappa shape index (κ3) is 6.16. The van der Waals surface area contributed by atoms with Crippen LogP contribution < -0.4 is 4.74 Å². The van der Waals surface area contributed by atoms with E-state index in [1.54, 1.807) is 0 Å². The minimum absolute atomic E-state index is 0.0834. The fourth-order valence-electron chi connectivity index (χ4n) is 8.14. The Morgan fingerprint density at radius 2 is 1.68 bits per heavy atom. The molecule has 3 aromatic heterocycles. The number of aryl methyl sites for hydroxylation is 2. The van der Waals surface area contributed by atoms with Crippen molar-refractivity contribution in [3.05, 3.63) is 119 Å². The second-order valence-corrected chi connectivity index (χ2v) is 15.8. The number of allylic oxidation sites excluding steroid dienone is 2. The summed E-state index contributed by atoms with van der Waals surface area (Å²) in [5.41, 5.74) is 11.0. The SMILES string of the molecule is CCCc1ccnc(-n2c3ccccc3c3ccc(Oc4cc(-n5nc(C)c(C6C(C)=CCC[C@@H]6C)c5C(C)C)cc(C(C)(C)C)c4)cc32)c1. The zero-order chi connectivity index (χ0) is 35.3. The van der Waals surface area contributed by atoms with Crippen molar-refractivity contribution in [2.24, 2.45) is 5.92 Å². The average molecular weight is 665 g/mol. The molecule has 5 nitrogen and oxygen atoms in total. The van der Waals surface area contributed by atoms with Gasteiger partial charge in [-0.3, -0.25) is 4.57 Å². The number of aromatic nitrogens is 4. The summed E-state index contributed by atoms with van der Waals surface area (Å²) in [4.78, 5) is 4.85. The van der Waals surface area contributed by atoms with Crippen molar-refractivity contribution in [3.63, 3.8) is 0 Å². The van der Waals surface area contributed by atoms with E-state index in [-0.39, 0.29) is 5.41 Å². The van der Waals surface area contributed by atoms with E-state index in [1.165, 1.54) is 45.2 Å². The molecule has 0 spiro atoms. The second kappa shape index (κ2) is 13.2. The fourth-order valence-corrected chi connectivity index (χ4v) is 8.14. The van der Waals surface area contributed by atoms with Crippen molar-refractivity contribution in [2.75, 3.05) is 0 Å². The summed E-state index contributed by atoms with van der Waals surface area (Å²) >= 11 is 0. The molecule has 3 heterocycles. The molecule has 0 fully saturated rings. The molecule has 1 unspecified atom stereocenters. The first kappa shape index (κ1) is 33.8. The highest BCUT2D eigenvalue weighted by molar-refractivity contribution is 6.09. The maximum atomic E-state index is 6.84. The Labute approximate surface area is 298 Å². The van der Waals surface area contributed by atoms with Gasteiger partial charge in [0.15, 0.2) is 0 Å². The number of rotatable bonds is 8. The molecule has 7 rings (SSSR count). The molecular weight excluding hydrogens is 613 g/mol. The summed E-state index contributed by atoms with van der Waals surface area (Å²) in [6, 6.07) is 26.1. The molecule has 0 radical (unpaired) electrons. The number of para-hydroxylation sites is 1. The lowest BCUT2D eigenvalue weighted by atomic mass is 9.74. The molecule has 0 aliphatic heterocycles. The largest absolute Gasteiger partial charge is 0.457 e. The Hall–Kier alpha value is -4.64. The fraction of sp³-hybridized carbons (Fsp3) is 0.378. The minimum Gasteiger partial charge on any atom is -0.457 e. The minimum atomic E-state index is -0.0834. The number of ether oxygens (including phenoxy) is 1. The molecule has 50 heavy (non-hydrogen) atoms. The van der Waals surface area contributed by atoms with Gasteiger partial charge >= 0.3 is 0 Å². The topological polar surface area (TPSA) is 44.9 Å². The van der Waals surface area contributed by atoms with Crippen LogP contribution in [0.25, 0.3) is 33.3 Å². The summed E-state index contributed by atoms with van der Waals surface area (Å²) in [6.07, 6.45) is 8.87. The number of nitrogens with zero attached hydrogens (tertiary/aromatic N) is 4. The standard InChI is InChI=1S/C45H52N4O/c1-10-14-32-21-22-46-41(23-32)48-39-18-12-11-17-37(39)38-20-19-35(27-40(38)48)50-36-25-33(45(7,8)9)24-34(26-36)49-44(28(2)3)43(31(6)47-49)42-29(4)15-13-16-30(42)5/h11-12,15,17-28,30,42H,10,13-14,16H2,1-9H3/t30-,42?/m0/s1. The Balaban J connectivity index is 1.36. The van der Waals surface area contributed by atoms with Crippen LogP contribution in [0, 0.1) is 12.8 Å².